The lowest BCUT2D eigenvalue weighted by Gasteiger charge is -2.11. The monoisotopic (exact) mass is 592 g/mol. The van der Waals surface area contributed by atoms with Gasteiger partial charge in [-0.2, -0.15) is 13.2 Å². The van der Waals surface area contributed by atoms with E-state index in [1.807, 2.05) is 42.8 Å². The van der Waals surface area contributed by atoms with Gasteiger partial charge in [0.2, 0.25) is 0 Å². The number of furan rings is 1. The van der Waals surface area contributed by atoms with Crippen molar-refractivity contribution >= 4 is 40.5 Å². The molecule has 0 atom stereocenters. The van der Waals surface area contributed by atoms with Crippen LogP contribution in [-0.4, -0.2) is 21.4 Å². The van der Waals surface area contributed by atoms with Gasteiger partial charge >= 0.3 is 6.18 Å². The Morgan fingerprint density at radius 3 is 2.48 bits per heavy atom. The van der Waals surface area contributed by atoms with Crippen LogP contribution in [0, 0.1) is 6.92 Å². The number of carbonyl (C=O) groups excluding carboxylic acids is 2. The highest BCUT2D eigenvalue weighted by molar-refractivity contribution is 6.33. The number of hydrogen-bond acceptors (Lipinski definition) is 4. The maximum atomic E-state index is 13.3. The fraction of sp³-hybridized carbons (Fsp3) is 0.129. The Bertz CT molecular complexity index is 1820. The number of para-hydroxylation sites is 2. The molecule has 2 amide bonds. The molecule has 2 aromatic heterocycles. The van der Waals surface area contributed by atoms with E-state index >= 15 is 0 Å². The summed E-state index contributed by atoms with van der Waals surface area (Å²) in [6.07, 6.45) is -3.28. The summed E-state index contributed by atoms with van der Waals surface area (Å²) in [5, 5.41) is 5.44. The molecule has 0 radical (unpaired) electrons. The molecule has 0 fully saturated rings. The molecule has 0 aliphatic carbocycles. The number of hydrogen-bond donors (Lipinski definition) is 2. The number of benzene rings is 3. The number of carbonyl (C=O) groups is 2. The smallest absolute Gasteiger partial charge is 0.416 e. The fourth-order valence-corrected chi connectivity index (χ4v) is 4.48. The number of imidazole rings is 1. The van der Waals surface area contributed by atoms with Gasteiger partial charge in [-0.3, -0.25) is 9.59 Å². The molecule has 0 aliphatic rings. The zero-order valence-electron chi connectivity index (χ0n) is 22.4. The molecular formula is C31H24ClF3N4O3. The second-order valence-corrected chi connectivity index (χ2v) is 9.94. The first-order valence-electron chi connectivity index (χ1n) is 12.7. The number of amides is 2. The number of fused-ring (bicyclic) bond motifs is 1. The van der Waals surface area contributed by atoms with Gasteiger partial charge in [-0.15, -0.1) is 0 Å². The molecule has 0 aliphatic heterocycles. The minimum atomic E-state index is -4.57. The summed E-state index contributed by atoms with van der Waals surface area (Å²) in [5.74, 6) is -0.408. The molecule has 0 saturated carbocycles. The van der Waals surface area contributed by atoms with Crippen molar-refractivity contribution < 1.29 is 27.2 Å². The lowest BCUT2D eigenvalue weighted by molar-refractivity contribution is -0.137. The number of halogens is 4. The van der Waals surface area contributed by atoms with Crippen LogP contribution >= 0.6 is 11.6 Å². The first-order valence-corrected chi connectivity index (χ1v) is 13.1. The maximum absolute atomic E-state index is 13.3. The number of nitrogens with zero attached hydrogens (tertiary/aromatic N) is 2. The number of aromatic nitrogens is 2. The SMILES string of the molecule is Cc1ccc(C(=O)NC(=Cc2ccc(-c3cc(C(F)(F)F)ccc3Cl)o2)C(=O)NCc2nc3ccccc3n2C)cc1. The highest BCUT2D eigenvalue weighted by Gasteiger charge is 2.31. The van der Waals surface area contributed by atoms with Crippen LogP contribution < -0.4 is 10.6 Å². The van der Waals surface area contributed by atoms with Gasteiger partial charge in [0, 0.05) is 24.3 Å². The van der Waals surface area contributed by atoms with Crippen molar-refractivity contribution in [2.24, 2.45) is 7.05 Å². The van der Waals surface area contributed by atoms with Crippen LogP contribution in [0.25, 0.3) is 28.4 Å². The van der Waals surface area contributed by atoms with Crippen LogP contribution in [-0.2, 0) is 24.6 Å². The second kappa shape index (κ2) is 11.6. The lowest BCUT2D eigenvalue weighted by Crippen LogP contribution is -2.35. The van der Waals surface area contributed by atoms with Crippen molar-refractivity contribution in [3.63, 3.8) is 0 Å². The van der Waals surface area contributed by atoms with E-state index in [1.54, 1.807) is 24.3 Å². The summed E-state index contributed by atoms with van der Waals surface area (Å²) in [5.41, 5.74) is 1.94. The number of nitrogens with one attached hydrogen (secondary N) is 2. The quantitative estimate of drug-likeness (QED) is 0.201. The minimum absolute atomic E-state index is 0.0303. The molecule has 7 nitrogen and oxygen atoms in total. The third kappa shape index (κ3) is 6.23. The van der Waals surface area contributed by atoms with Crippen LogP contribution in [0.2, 0.25) is 5.02 Å². The molecule has 2 heterocycles. The van der Waals surface area contributed by atoms with E-state index in [9.17, 15) is 22.8 Å². The first-order chi connectivity index (χ1) is 20.0. The highest BCUT2D eigenvalue weighted by atomic mass is 35.5. The van der Waals surface area contributed by atoms with Crippen LogP contribution in [0.15, 0.2) is 89.0 Å². The van der Waals surface area contributed by atoms with Gasteiger partial charge in [0.05, 0.1) is 28.2 Å². The van der Waals surface area contributed by atoms with E-state index in [1.165, 1.54) is 18.2 Å². The highest BCUT2D eigenvalue weighted by Crippen LogP contribution is 2.36. The summed E-state index contributed by atoms with van der Waals surface area (Å²) in [7, 11) is 1.83. The van der Waals surface area contributed by atoms with E-state index in [2.05, 4.69) is 15.6 Å². The predicted molar refractivity (Wildman–Crippen MR) is 153 cm³/mol. The van der Waals surface area contributed by atoms with Crippen LogP contribution in [0.1, 0.15) is 33.1 Å². The van der Waals surface area contributed by atoms with Gasteiger partial charge in [-0.1, -0.05) is 41.4 Å². The Morgan fingerprint density at radius 1 is 1.02 bits per heavy atom. The summed E-state index contributed by atoms with van der Waals surface area (Å²) in [4.78, 5) is 30.9. The fourth-order valence-electron chi connectivity index (χ4n) is 4.27. The third-order valence-electron chi connectivity index (χ3n) is 6.57. The number of alkyl halides is 3. The zero-order valence-corrected chi connectivity index (χ0v) is 23.2. The van der Waals surface area contributed by atoms with Crippen LogP contribution in [0.5, 0.6) is 0 Å². The maximum Gasteiger partial charge on any atom is 0.416 e. The minimum Gasteiger partial charge on any atom is -0.457 e. The van der Waals surface area contributed by atoms with Crippen LogP contribution in [0.4, 0.5) is 13.2 Å². The topological polar surface area (TPSA) is 89.2 Å². The molecule has 42 heavy (non-hydrogen) atoms. The molecular weight excluding hydrogens is 569 g/mol. The number of aryl methyl sites for hydroxylation is 2. The Hall–Kier alpha value is -4.83. The molecule has 11 heteroatoms. The van der Waals surface area contributed by atoms with Crippen LogP contribution in [0.3, 0.4) is 0 Å². The summed E-state index contributed by atoms with van der Waals surface area (Å²) < 4.78 is 47.4. The Balaban J connectivity index is 1.44. The lowest BCUT2D eigenvalue weighted by atomic mass is 10.1. The molecule has 3 aromatic carbocycles. The van der Waals surface area contributed by atoms with Gasteiger partial charge < -0.3 is 19.6 Å². The predicted octanol–water partition coefficient (Wildman–Crippen LogP) is 6.90. The summed E-state index contributed by atoms with van der Waals surface area (Å²) in [6, 6.07) is 20.1. The van der Waals surface area contributed by atoms with Crippen molar-refractivity contribution in [3.8, 4) is 11.3 Å². The Labute approximate surface area is 243 Å². The van der Waals surface area contributed by atoms with E-state index in [0.29, 0.717) is 11.4 Å². The molecule has 0 unspecified atom stereocenters. The molecule has 0 saturated heterocycles. The van der Waals surface area contributed by atoms with Gasteiger partial charge in [-0.05, 0) is 61.5 Å². The van der Waals surface area contributed by atoms with Crippen molar-refractivity contribution in [3.05, 3.63) is 118 Å². The van der Waals surface area contributed by atoms with E-state index in [0.717, 1.165) is 34.8 Å². The molecule has 5 aromatic rings. The summed E-state index contributed by atoms with van der Waals surface area (Å²) >= 11 is 6.16. The van der Waals surface area contributed by atoms with Crippen molar-refractivity contribution in [1.29, 1.82) is 0 Å². The van der Waals surface area contributed by atoms with Crippen molar-refractivity contribution in [2.45, 2.75) is 19.6 Å². The average molecular weight is 593 g/mol. The van der Waals surface area contributed by atoms with Crippen molar-refractivity contribution in [1.82, 2.24) is 20.2 Å². The molecule has 2 N–H and O–H groups in total. The standard InChI is InChI=1S/C31H24ClF3N4O3/c1-18-7-9-19(10-8-18)29(40)38-25(30(41)36-17-28-37-24-5-3-4-6-26(24)39(28)2)16-21-12-14-27(42-21)22-15-20(31(33,34)35)11-13-23(22)32/h3-16H,17H2,1-2H3,(H,36,41)(H,38,40). The van der Waals surface area contributed by atoms with Gasteiger partial charge in [0.25, 0.3) is 11.8 Å². The van der Waals surface area contributed by atoms with Crippen molar-refractivity contribution in [2.75, 3.05) is 0 Å². The van der Waals surface area contributed by atoms with E-state index < -0.39 is 23.6 Å². The Morgan fingerprint density at radius 2 is 1.76 bits per heavy atom. The zero-order chi connectivity index (χ0) is 30.0. The molecule has 5 rings (SSSR count). The molecule has 0 bridgehead atoms. The van der Waals surface area contributed by atoms with Gasteiger partial charge in [0.1, 0.15) is 23.0 Å². The average Bonchev–Trinajstić information content (AvgIpc) is 3.55. The largest absolute Gasteiger partial charge is 0.457 e. The van der Waals surface area contributed by atoms with Gasteiger partial charge in [0.15, 0.2) is 0 Å². The third-order valence-corrected chi connectivity index (χ3v) is 6.90. The Kier molecular flexibility index (Phi) is 7.91. The second-order valence-electron chi connectivity index (χ2n) is 9.53. The number of rotatable bonds is 7. The molecule has 0 spiro atoms. The van der Waals surface area contributed by atoms with E-state index in [-0.39, 0.29) is 34.3 Å². The summed E-state index contributed by atoms with van der Waals surface area (Å²) in [6.45, 7) is 1.94. The van der Waals surface area contributed by atoms with Gasteiger partial charge in [-0.25, -0.2) is 4.98 Å². The molecule has 214 valence electrons. The van der Waals surface area contributed by atoms with E-state index in [4.69, 9.17) is 16.0 Å². The normalized spacial score (nSPS) is 12.0. The first kappa shape index (κ1) is 28.7.